The van der Waals surface area contributed by atoms with E-state index in [-0.39, 0.29) is 17.9 Å². The lowest BCUT2D eigenvalue weighted by Gasteiger charge is -2.31. The molecular weight excluding hydrogens is 320 g/mol. The number of amides is 1. The van der Waals surface area contributed by atoms with Gasteiger partial charge < -0.3 is 24.8 Å². The number of allylic oxidation sites excluding steroid dienone is 1. The molecule has 0 radical (unpaired) electrons. The molecule has 5 atom stereocenters. The lowest BCUT2D eigenvalue weighted by Crippen LogP contribution is -2.42. The molecule has 1 amide bonds. The Kier molecular flexibility index (Phi) is 12.6. The Morgan fingerprint density at radius 3 is 2.48 bits per heavy atom. The van der Waals surface area contributed by atoms with E-state index in [0.29, 0.717) is 19.5 Å². The molecule has 25 heavy (non-hydrogen) atoms. The number of hydrogen-bond donors (Lipinski definition) is 2. The van der Waals surface area contributed by atoms with E-state index in [0.717, 1.165) is 6.42 Å². The molecular formula is C19H38N2O4. The number of hydrogen-bond acceptors (Lipinski definition) is 5. The minimum Gasteiger partial charge on any atom is -0.443 e. The van der Waals surface area contributed by atoms with Gasteiger partial charge in [-0.15, -0.1) is 0 Å². The Bertz CT molecular complexity index is 386. The summed E-state index contributed by atoms with van der Waals surface area (Å²) in [5, 5.41) is 13.7. The molecule has 0 aliphatic rings. The average Bonchev–Trinajstić information content (AvgIpc) is 2.58. The quantitative estimate of drug-likeness (QED) is 0.525. The first-order valence-corrected chi connectivity index (χ1v) is 9.22. The summed E-state index contributed by atoms with van der Waals surface area (Å²) in [4.78, 5) is 13.8. The molecule has 0 saturated carbocycles. The van der Waals surface area contributed by atoms with Crippen LogP contribution in [0.4, 0.5) is 4.79 Å². The maximum atomic E-state index is 12.3. The minimum atomic E-state index is -0.743. The Hall–Kier alpha value is -1.11. The zero-order valence-corrected chi connectivity index (χ0v) is 17.0. The molecule has 0 aromatic heterocycles. The van der Waals surface area contributed by atoms with E-state index < -0.39 is 18.3 Å². The van der Waals surface area contributed by atoms with Crippen LogP contribution >= 0.6 is 0 Å². The Morgan fingerprint density at radius 2 is 2.00 bits per heavy atom. The van der Waals surface area contributed by atoms with Gasteiger partial charge in [-0.25, -0.2) is 4.79 Å². The molecule has 0 saturated heterocycles. The van der Waals surface area contributed by atoms with E-state index in [1.807, 2.05) is 33.0 Å². The van der Waals surface area contributed by atoms with Gasteiger partial charge in [0.2, 0.25) is 0 Å². The van der Waals surface area contributed by atoms with Crippen molar-refractivity contribution in [3.8, 4) is 0 Å². The Morgan fingerprint density at radius 1 is 1.36 bits per heavy atom. The van der Waals surface area contributed by atoms with Crippen LogP contribution in [0, 0.1) is 11.8 Å². The number of ether oxygens (including phenoxy) is 2. The monoisotopic (exact) mass is 358 g/mol. The molecule has 0 aliphatic carbocycles. The van der Waals surface area contributed by atoms with Crippen molar-refractivity contribution in [2.45, 2.75) is 58.8 Å². The molecule has 148 valence electrons. The maximum Gasteiger partial charge on any atom is 0.409 e. The largest absolute Gasteiger partial charge is 0.443 e. The van der Waals surface area contributed by atoms with Crippen LogP contribution in [0.2, 0.25) is 0 Å². The van der Waals surface area contributed by atoms with Crippen LogP contribution in [0.5, 0.6) is 0 Å². The van der Waals surface area contributed by atoms with Gasteiger partial charge in [0.05, 0.1) is 12.2 Å². The molecule has 0 aromatic rings. The number of aliphatic hydroxyl groups is 1. The van der Waals surface area contributed by atoms with Crippen LogP contribution in [-0.2, 0) is 9.47 Å². The summed E-state index contributed by atoms with van der Waals surface area (Å²) in [6, 6.07) is 0. The van der Waals surface area contributed by atoms with Gasteiger partial charge in [0.1, 0.15) is 6.10 Å². The molecule has 0 heterocycles. The van der Waals surface area contributed by atoms with Crippen LogP contribution in [0.15, 0.2) is 12.2 Å². The molecule has 0 rings (SSSR count). The zero-order valence-electron chi connectivity index (χ0n) is 17.0. The van der Waals surface area contributed by atoms with Crippen LogP contribution in [0.3, 0.4) is 0 Å². The predicted molar refractivity (Wildman–Crippen MR) is 102 cm³/mol. The number of rotatable bonds is 12. The normalized spacial score (nSPS) is 17.8. The van der Waals surface area contributed by atoms with Crippen molar-refractivity contribution < 1.29 is 19.4 Å². The van der Waals surface area contributed by atoms with E-state index in [9.17, 15) is 9.90 Å². The molecule has 0 aromatic carbocycles. The molecule has 6 heteroatoms. The lowest BCUT2D eigenvalue weighted by atomic mass is 9.89. The SMILES string of the molecule is C/C=C/C(C)C(OC(=O)N(C)CCNC)C(O)CC(C)C(CC)OC. The van der Waals surface area contributed by atoms with E-state index in [1.165, 1.54) is 4.90 Å². The average molecular weight is 359 g/mol. The van der Waals surface area contributed by atoms with Crippen molar-refractivity contribution in [2.75, 3.05) is 34.3 Å². The summed E-state index contributed by atoms with van der Waals surface area (Å²) in [6.45, 7) is 9.22. The summed E-state index contributed by atoms with van der Waals surface area (Å²) in [5.74, 6) is 0.0995. The van der Waals surface area contributed by atoms with E-state index in [4.69, 9.17) is 9.47 Å². The van der Waals surface area contributed by atoms with Gasteiger partial charge in [0, 0.05) is 33.2 Å². The first-order chi connectivity index (χ1) is 11.8. The zero-order chi connectivity index (χ0) is 19.4. The number of likely N-dealkylation sites (N-methyl/N-ethyl adjacent to an activating group) is 2. The van der Waals surface area contributed by atoms with Gasteiger partial charge in [0.25, 0.3) is 0 Å². The van der Waals surface area contributed by atoms with Crippen LogP contribution < -0.4 is 5.32 Å². The highest BCUT2D eigenvalue weighted by atomic mass is 16.6. The number of nitrogens with one attached hydrogen (secondary N) is 1. The molecule has 2 N–H and O–H groups in total. The van der Waals surface area contributed by atoms with Gasteiger partial charge in [-0.3, -0.25) is 0 Å². The Balaban J connectivity index is 5.00. The van der Waals surface area contributed by atoms with Crippen molar-refractivity contribution in [2.24, 2.45) is 11.8 Å². The molecule has 5 unspecified atom stereocenters. The van der Waals surface area contributed by atoms with Crippen molar-refractivity contribution in [1.82, 2.24) is 10.2 Å². The topological polar surface area (TPSA) is 71.0 Å². The molecule has 0 spiro atoms. The van der Waals surface area contributed by atoms with Gasteiger partial charge >= 0.3 is 6.09 Å². The highest BCUT2D eigenvalue weighted by Crippen LogP contribution is 2.23. The van der Waals surface area contributed by atoms with E-state index >= 15 is 0 Å². The summed E-state index contributed by atoms with van der Waals surface area (Å²) in [5.41, 5.74) is 0. The van der Waals surface area contributed by atoms with E-state index in [2.05, 4.69) is 19.2 Å². The van der Waals surface area contributed by atoms with Crippen molar-refractivity contribution in [1.29, 1.82) is 0 Å². The summed E-state index contributed by atoms with van der Waals surface area (Å²) in [7, 11) is 5.22. The van der Waals surface area contributed by atoms with Crippen molar-refractivity contribution >= 4 is 6.09 Å². The number of carbonyl (C=O) groups excluding carboxylic acids is 1. The number of methoxy groups -OCH3 is 1. The molecule has 0 aliphatic heterocycles. The van der Waals surface area contributed by atoms with Crippen LogP contribution in [0.1, 0.15) is 40.5 Å². The third-order valence-corrected chi connectivity index (χ3v) is 4.59. The second kappa shape index (κ2) is 13.1. The lowest BCUT2D eigenvalue weighted by molar-refractivity contribution is -0.0472. The summed E-state index contributed by atoms with van der Waals surface area (Å²) in [6.07, 6.45) is 3.61. The highest BCUT2D eigenvalue weighted by Gasteiger charge is 2.31. The second-order valence-electron chi connectivity index (χ2n) is 6.72. The maximum absolute atomic E-state index is 12.3. The number of aliphatic hydroxyl groups excluding tert-OH is 1. The molecule has 0 bridgehead atoms. The smallest absolute Gasteiger partial charge is 0.409 e. The number of carbonyl (C=O) groups is 1. The number of nitrogens with zero attached hydrogens (tertiary/aromatic N) is 1. The van der Waals surface area contributed by atoms with Crippen molar-refractivity contribution in [3.05, 3.63) is 12.2 Å². The third kappa shape index (κ3) is 8.70. The predicted octanol–water partition coefficient (Wildman–Crippen LogP) is 2.67. The standard InChI is InChI=1S/C19H38N2O4/c1-8-10-14(3)18(25-19(23)21(6)12-11-20-5)16(22)13-15(4)17(9-2)24-7/h8,10,14-18,20,22H,9,11-13H2,1-7H3/b10-8+. The van der Waals surface area contributed by atoms with Gasteiger partial charge in [-0.1, -0.05) is 32.9 Å². The van der Waals surface area contributed by atoms with Crippen molar-refractivity contribution in [3.63, 3.8) is 0 Å². The van der Waals surface area contributed by atoms with Crippen LogP contribution in [0.25, 0.3) is 0 Å². The van der Waals surface area contributed by atoms with Gasteiger partial charge in [0.15, 0.2) is 0 Å². The Labute approximate surface area is 153 Å². The summed E-state index contributed by atoms with van der Waals surface area (Å²) < 4.78 is 11.1. The fourth-order valence-corrected chi connectivity index (χ4v) is 2.99. The van der Waals surface area contributed by atoms with Gasteiger partial charge in [-0.05, 0) is 32.7 Å². The fourth-order valence-electron chi connectivity index (χ4n) is 2.99. The highest BCUT2D eigenvalue weighted by molar-refractivity contribution is 5.67. The molecule has 6 nitrogen and oxygen atoms in total. The van der Waals surface area contributed by atoms with Crippen LogP contribution in [-0.4, -0.2) is 68.7 Å². The van der Waals surface area contributed by atoms with E-state index in [1.54, 1.807) is 14.2 Å². The summed E-state index contributed by atoms with van der Waals surface area (Å²) >= 11 is 0. The second-order valence-corrected chi connectivity index (χ2v) is 6.72. The minimum absolute atomic E-state index is 0.0727. The fraction of sp³-hybridized carbons (Fsp3) is 0.842. The third-order valence-electron chi connectivity index (χ3n) is 4.59. The first kappa shape index (κ1) is 23.9. The molecule has 0 fully saturated rings. The van der Waals surface area contributed by atoms with Gasteiger partial charge in [-0.2, -0.15) is 0 Å². The first-order valence-electron chi connectivity index (χ1n) is 9.22.